The van der Waals surface area contributed by atoms with Gasteiger partial charge in [0, 0.05) is 18.9 Å². The smallest absolute Gasteiger partial charge is 0.273 e. The summed E-state index contributed by atoms with van der Waals surface area (Å²) in [5.41, 5.74) is 2.22. The molecular weight excluding hydrogens is 306 g/mol. The molecule has 0 saturated heterocycles. The van der Waals surface area contributed by atoms with E-state index in [0.717, 1.165) is 11.3 Å². The summed E-state index contributed by atoms with van der Waals surface area (Å²) in [4.78, 5) is 23.2. The van der Waals surface area contributed by atoms with Gasteiger partial charge in [-0.25, -0.2) is 5.01 Å². The van der Waals surface area contributed by atoms with Crippen molar-refractivity contribution in [3.63, 3.8) is 0 Å². The molecule has 1 aliphatic rings. The molecule has 0 aliphatic carbocycles. The van der Waals surface area contributed by atoms with Crippen molar-refractivity contribution < 1.29 is 9.72 Å². The number of hydrogen-bond donors (Lipinski definition) is 0. The lowest BCUT2D eigenvalue weighted by Gasteiger charge is -2.21. The quantitative estimate of drug-likeness (QED) is 0.636. The molecule has 0 N–H and O–H groups in total. The van der Waals surface area contributed by atoms with E-state index >= 15 is 0 Å². The van der Waals surface area contributed by atoms with Gasteiger partial charge in [-0.1, -0.05) is 49.4 Å². The standard InChI is InChI=1S/C18H17N3O3/c1-2-18(22)20-17(14-10-6-7-11-16(14)21(23)24)12-15(19-20)13-8-4-3-5-9-13/h3-11,17H,2,12H2,1H3. The number of nitro groups is 1. The number of hydrazone groups is 1. The third-order valence-electron chi connectivity index (χ3n) is 4.07. The summed E-state index contributed by atoms with van der Waals surface area (Å²) in [6, 6.07) is 15.7. The van der Waals surface area contributed by atoms with E-state index in [1.807, 2.05) is 30.3 Å². The number of para-hydroxylation sites is 1. The van der Waals surface area contributed by atoms with E-state index in [0.29, 0.717) is 18.4 Å². The topological polar surface area (TPSA) is 75.8 Å². The zero-order valence-corrected chi connectivity index (χ0v) is 13.3. The Morgan fingerprint density at radius 2 is 1.88 bits per heavy atom. The average molecular weight is 323 g/mol. The first kappa shape index (κ1) is 15.9. The Labute approximate surface area is 139 Å². The van der Waals surface area contributed by atoms with Crippen LogP contribution in [0, 0.1) is 10.1 Å². The highest BCUT2D eigenvalue weighted by Gasteiger charge is 2.35. The van der Waals surface area contributed by atoms with Crippen LogP contribution in [0.25, 0.3) is 0 Å². The van der Waals surface area contributed by atoms with Crippen LogP contribution in [-0.2, 0) is 4.79 Å². The van der Waals surface area contributed by atoms with E-state index in [4.69, 9.17) is 0 Å². The Morgan fingerprint density at radius 1 is 1.21 bits per heavy atom. The van der Waals surface area contributed by atoms with E-state index in [9.17, 15) is 14.9 Å². The SMILES string of the molecule is CCC(=O)N1N=C(c2ccccc2)CC1c1ccccc1[N+](=O)[O-]. The van der Waals surface area contributed by atoms with Gasteiger partial charge in [0.25, 0.3) is 5.69 Å². The molecule has 1 aliphatic heterocycles. The van der Waals surface area contributed by atoms with Gasteiger partial charge in [-0.3, -0.25) is 14.9 Å². The molecule has 122 valence electrons. The molecule has 2 aromatic rings. The molecule has 6 heteroatoms. The number of rotatable bonds is 4. The van der Waals surface area contributed by atoms with Crippen molar-refractivity contribution in [3.05, 3.63) is 75.8 Å². The van der Waals surface area contributed by atoms with Gasteiger partial charge in [0.1, 0.15) is 0 Å². The van der Waals surface area contributed by atoms with Gasteiger partial charge in [0.15, 0.2) is 0 Å². The minimum absolute atomic E-state index is 0.0147. The van der Waals surface area contributed by atoms with Crippen molar-refractivity contribution in [2.75, 3.05) is 0 Å². The molecule has 1 atom stereocenters. The van der Waals surface area contributed by atoms with Crippen LogP contribution < -0.4 is 0 Å². The van der Waals surface area contributed by atoms with Gasteiger partial charge < -0.3 is 0 Å². The summed E-state index contributed by atoms with van der Waals surface area (Å²) in [7, 11) is 0. The molecule has 0 spiro atoms. The fraction of sp³-hybridized carbons (Fsp3) is 0.222. The molecule has 0 bridgehead atoms. The van der Waals surface area contributed by atoms with E-state index in [2.05, 4.69) is 5.10 Å². The van der Waals surface area contributed by atoms with Crippen LogP contribution >= 0.6 is 0 Å². The van der Waals surface area contributed by atoms with Crippen molar-refractivity contribution in [1.29, 1.82) is 0 Å². The van der Waals surface area contributed by atoms with Gasteiger partial charge in [-0.05, 0) is 11.6 Å². The van der Waals surface area contributed by atoms with Gasteiger partial charge in [-0.15, -0.1) is 0 Å². The van der Waals surface area contributed by atoms with Gasteiger partial charge in [-0.2, -0.15) is 5.10 Å². The maximum Gasteiger partial charge on any atom is 0.274 e. The van der Waals surface area contributed by atoms with Crippen molar-refractivity contribution in [1.82, 2.24) is 5.01 Å². The Kier molecular flexibility index (Phi) is 4.37. The number of nitro benzene ring substituents is 1. The van der Waals surface area contributed by atoms with Crippen LogP contribution in [0.5, 0.6) is 0 Å². The molecule has 0 fully saturated rings. The van der Waals surface area contributed by atoms with Crippen molar-refractivity contribution in [2.45, 2.75) is 25.8 Å². The molecule has 0 aromatic heterocycles. The van der Waals surface area contributed by atoms with Crippen LogP contribution in [0.1, 0.15) is 36.9 Å². The van der Waals surface area contributed by atoms with Crippen LogP contribution in [0.3, 0.4) is 0 Å². The second-order valence-corrected chi connectivity index (χ2v) is 5.54. The first-order valence-electron chi connectivity index (χ1n) is 7.80. The largest absolute Gasteiger partial charge is 0.274 e. The normalized spacial score (nSPS) is 16.8. The highest BCUT2D eigenvalue weighted by Crippen LogP contribution is 2.37. The van der Waals surface area contributed by atoms with Crippen LogP contribution in [-0.4, -0.2) is 21.6 Å². The minimum Gasteiger partial charge on any atom is -0.273 e. The highest BCUT2D eigenvalue weighted by atomic mass is 16.6. The maximum atomic E-state index is 12.3. The molecule has 1 amide bonds. The van der Waals surface area contributed by atoms with Gasteiger partial charge >= 0.3 is 0 Å². The predicted molar refractivity (Wildman–Crippen MR) is 90.6 cm³/mol. The third-order valence-corrected chi connectivity index (χ3v) is 4.07. The number of carbonyl (C=O) groups excluding carboxylic acids is 1. The first-order valence-corrected chi connectivity index (χ1v) is 7.80. The first-order chi connectivity index (χ1) is 11.6. The lowest BCUT2D eigenvalue weighted by molar-refractivity contribution is -0.385. The Balaban J connectivity index is 2.02. The fourth-order valence-corrected chi connectivity index (χ4v) is 2.89. The zero-order valence-electron chi connectivity index (χ0n) is 13.3. The fourth-order valence-electron chi connectivity index (χ4n) is 2.89. The number of carbonyl (C=O) groups is 1. The minimum atomic E-state index is -0.450. The number of hydrogen-bond acceptors (Lipinski definition) is 4. The summed E-state index contributed by atoms with van der Waals surface area (Å²) in [5.74, 6) is -0.149. The van der Waals surface area contributed by atoms with Crippen molar-refractivity contribution in [2.24, 2.45) is 5.10 Å². The molecule has 2 aromatic carbocycles. The summed E-state index contributed by atoms with van der Waals surface area (Å²) in [6.45, 7) is 1.76. The molecule has 6 nitrogen and oxygen atoms in total. The average Bonchev–Trinajstić information content (AvgIpc) is 3.07. The van der Waals surface area contributed by atoms with Crippen molar-refractivity contribution in [3.8, 4) is 0 Å². The summed E-state index contributed by atoms with van der Waals surface area (Å²) < 4.78 is 0. The summed E-state index contributed by atoms with van der Waals surface area (Å²) in [5, 5.41) is 17.2. The second-order valence-electron chi connectivity index (χ2n) is 5.54. The summed E-state index contributed by atoms with van der Waals surface area (Å²) >= 11 is 0. The number of benzene rings is 2. The van der Waals surface area contributed by atoms with E-state index in [1.54, 1.807) is 25.1 Å². The second kappa shape index (κ2) is 6.62. The highest BCUT2D eigenvalue weighted by molar-refractivity contribution is 6.03. The molecular formula is C18H17N3O3. The van der Waals surface area contributed by atoms with E-state index in [-0.39, 0.29) is 11.6 Å². The number of amides is 1. The predicted octanol–water partition coefficient (Wildman–Crippen LogP) is 3.68. The van der Waals surface area contributed by atoms with Gasteiger partial charge in [0.05, 0.1) is 22.2 Å². The molecule has 0 radical (unpaired) electrons. The van der Waals surface area contributed by atoms with E-state index < -0.39 is 11.0 Å². The molecule has 1 unspecified atom stereocenters. The van der Waals surface area contributed by atoms with Gasteiger partial charge in [0.2, 0.25) is 5.91 Å². The maximum absolute atomic E-state index is 12.3. The summed E-state index contributed by atoms with van der Waals surface area (Å²) in [6.07, 6.45) is 0.753. The molecule has 24 heavy (non-hydrogen) atoms. The molecule has 0 saturated carbocycles. The lowest BCUT2D eigenvalue weighted by Crippen LogP contribution is -2.26. The van der Waals surface area contributed by atoms with Crippen molar-refractivity contribution >= 4 is 17.3 Å². The third kappa shape index (κ3) is 2.90. The zero-order chi connectivity index (χ0) is 17.1. The lowest BCUT2D eigenvalue weighted by atomic mass is 9.97. The van der Waals surface area contributed by atoms with Crippen LogP contribution in [0.4, 0.5) is 5.69 Å². The monoisotopic (exact) mass is 323 g/mol. The Hall–Kier alpha value is -3.02. The number of nitrogens with zero attached hydrogens (tertiary/aromatic N) is 3. The molecule has 3 rings (SSSR count). The van der Waals surface area contributed by atoms with Crippen LogP contribution in [0.2, 0.25) is 0 Å². The Bertz CT molecular complexity index is 802. The Morgan fingerprint density at radius 3 is 2.54 bits per heavy atom. The molecule has 1 heterocycles. The van der Waals surface area contributed by atoms with E-state index in [1.165, 1.54) is 11.1 Å². The van der Waals surface area contributed by atoms with Crippen LogP contribution in [0.15, 0.2) is 59.7 Å².